The number of fused-ring (bicyclic) bond motifs is 3. The van der Waals surface area contributed by atoms with E-state index in [9.17, 15) is 15.0 Å². The predicted octanol–water partition coefficient (Wildman–Crippen LogP) is 7.80. The minimum atomic E-state index is -1.30. The predicted molar refractivity (Wildman–Crippen MR) is 221 cm³/mol. The average molecular weight is 790 g/mol. The number of methoxy groups -OCH3 is 3. The third-order valence-corrected chi connectivity index (χ3v) is 13.6. The highest BCUT2D eigenvalue weighted by Gasteiger charge is 2.49. The van der Waals surface area contributed by atoms with E-state index >= 15 is 0 Å². The minimum Gasteiger partial charge on any atom is -0.460 e. The number of ether oxygens (including phenoxy) is 6. The van der Waals surface area contributed by atoms with Crippen molar-refractivity contribution in [2.24, 2.45) is 29.6 Å². The molecular weight excluding hydrogens is 711 g/mol. The van der Waals surface area contributed by atoms with Crippen LogP contribution in [0.15, 0.2) is 36.0 Å². The van der Waals surface area contributed by atoms with Crippen LogP contribution in [0.2, 0.25) is 0 Å². The van der Waals surface area contributed by atoms with Crippen LogP contribution in [0.1, 0.15) is 125 Å². The van der Waals surface area contributed by atoms with Gasteiger partial charge in [0.05, 0.1) is 37.1 Å². The van der Waals surface area contributed by atoms with Crippen LogP contribution in [0.5, 0.6) is 0 Å². The van der Waals surface area contributed by atoms with Crippen molar-refractivity contribution in [3.63, 3.8) is 0 Å². The Morgan fingerprint density at radius 3 is 2.34 bits per heavy atom. The van der Waals surface area contributed by atoms with Gasteiger partial charge in [0, 0.05) is 59.1 Å². The van der Waals surface area contributed by atoms with Crippen molar-refractivity contribution >= 4 is 5.97 Å². The van der Waals surface area contributed by atoms with E-state index in [-0.39, 0.29) is 72.3 Å². The van der Waals surface area contributed by atoms with Crippen molar-refractivity contribution in [1.82, 2.24) is 4.90 Å². The number of aliphatic hydroxyl groups is 2. The number of carbonyl (C=O) groups excluding carboxylic acids is 1. The molecule has 3 heterocycles. The first-order chi connectivity index (χ1) is 26.7. The summed E-state index contributed by atoms with van der Waals surface area (Å²) in [5.74, 6) is -0.959. The molecule has 14 atom stereocenters. The van der Waals surface area contributed by atoms with E-state index in [0.717, 1.165) is 76.3 Å². The van der Waals surface area contributed by atoms with Crippen molar-refractivity contribution in [3.8, 4) is 0 Å². The van der Waals surface area contributed by atoms with Gasteiger partial charge in [0.25, 0.3) is 0 Å². The molecule has 0 aromatic rings. The maximum Gasteiger partial charge on any atom is 0.302 e. The van der Waals surface area contributed by atoms with Gasteiger partial charge in [-0.2, -0.15) is 0 Å². The summed E-state index contributed by atoms with van der Waals surface area (Å²) < 4.78 is 37.2. The van der Waals surface area contributed by atoms with Crippen LogP contribution in [0, 0.1) is 29.6 Å². The second-order valence-electron chi connectivity index (χ2n) is 18.1. The van der Waals surface area contributed by atoms with Crippen LogP contribution in [-0.2, 0) is 33.2 Å². The fraction of sp³-hybridized carbons (Fsp3) is 0.848. The first-order valence-electron chi connectivity index (χ1n) is 21.9. The Kier molecular flexibility index (Phi) is 19.0. The molecule has 1 aliphatic carbocycles. The number of rotatable bonds is 8. The Morgan fingerprint density at radius 2 is 1.66 bits per heavy atom. The Balaban J connectivity index is 1.63. The van der Waals surface area contributed by atoms with Gasteiger partial charge in [0.2, 0.25) is 0 Å². The molecule has 4 aliphatic rings. The topological polar surface area (TPSA) is 116 Å². The van der Waals surface area contributed by atoms with E-state index in [1.165, 1.54) is 12.5 Å². The van der Waals surface area contributed by atoms with Gasteiger partial charge in [-0.1, -0.05) is 51.0 Å². The minimum absolute atomic E-state index is 0.104. The van der Waals surface area contributed by atoms with E-state index in [4.69, 9.17) is 28.4 Å². The number of allylic oxidation sites excluding steroid dienone is 4. The summed E-state index contributed by atoms with van der Waals surface area (Å²) >= 11 is 0. The molecule has 10 nitrogen and oxygen atoms in total. The molecule has 56 heavy (non-hydrogen) atoms. The number of carbonyl (C=O) groups is 1. The Morgan fingerprint density at radius 1 is 0.946 bits per heavy atom. The van der Waals surface area contributed by atoms with Crippen LogP contribution in [-0.4, -0.2) is 117 Å². The number of hydrogen-bond donors (Lipinski definition) is 2. The molecule has 2 saturated heterocycles. The first-order valence-corrected chi connectivity index (χ1v) is 21.9. The number of hydrogen-bond acceptors (Lipinski definition) is 10. The summed E-state index contributed by atoms with van der Waals surface area (Å²) in [6.07, 6.45) is 15.7. The molecule has 14 unspecified atom stereocenters. The number of nitrogens with zero attached hydrogens (tertiary/aromatic N) is 1. The third-order valence-electron chi connectivity index (χ3n) is 13.6. The zero-order valence-electron chi connectivity index (χ0n) is 36.5. The van der Waals surface area contributed by atoms with Gasteiger partial charge >= 0.3 is 5.97 Å². The highest BCUT2D eigenvalue weighted by molar-refractivity contribution is 5.66. The fourth-order valence-corrected chi connectivity index (χ4v) is 10.2. The summed E-state index contributed by atoms with van der Waals surface area (Å²) in [5, 5.41) is 24.1. The number of esters is 1. The van der Waals surface area contributed by atoms with Gasteiger partial charge in [-0.15, -0.1) is 6.58 Å². The maximum atomic E-state index is 12.2. The summed E-state index contributed by atoms with van der Waals surface area (Å²) in [6.45, 7) is 18.5. The number of piperidine rings is 1. The van der Waals surface area contributed by atoms with Crippen LogP contribution in [0.25, 0.3) is 0 Å². The lowest BCUT2D eigenvalue weighted by Crippen LogP contribution is -2.58. The third kappa shape index (κ3) is 13.2. The first kappa shape index (κ1) is 47.1. The van der Waals surface area contributed by atoms with Gasteiger partial charge in [0.15, 0.2) is 5.79 Å². The Hall–Kier alpha value is -1.63. The zero-order valence-corrected chi connectivity index (χ0v) is 36.5. The SMILES string of the molecule is C=CCC1/C=C(/C)CC(C)CC(OC)C2OC(O)(CCN3CCCCC3COC(C(C)=CC3CCC(OC(C)=O)C(OC)C3)C(C)C(O)CC1)C(C)CC2OC. The van der Waals surface area contributed by atoms with E-state index in [1.54, 1.807) is 21.3 Å². The lowest BCUT2D eigenvalue weighted by molar-refractivity contribution is -0.324. The molecule has 0 spiro atoms. The molecule has 0 aromatic carbocycles. The van der Waals surface area contributed by atoms with Crippen molar-refractivity contribution in [2.75, 3.05) is 41.0 Å². The molecule has 2 bridgehead atoms. The second kappa shape index (κ2) is 22.7. The second-order valence-corrected chi connectivity index (χ2v) is 18.1. The summed E-state index contributed by atoms with van der Waals surface area (Å²) in [5.41, 5.74) is 2.45. The maximum absolute atomic E-state index is 12.2. The van der Waals surface area contributed by atoms with E-state index < -0.39 is 11.9 Å². The van der Waals surface area contributed by atoms with Crippen LogP contribution >= 0.6 is 0 Å². The van der Waals surface area contributed by atoms with Crippen LogP contribution in [0.3, 0.4) is 0 Å². The molecule has 0 radical (unpaired) electrons. The molecular formula is C46H79NO9. The summed E-state index contributed by atoms with van der Waals surface area (Å²) in [6, 6.07) is 0.192. The molecule has 1 saturated carbocycles. The van der Waals surface area contributed by atoms with Crippen molar-refractivity contribution in [2.45, 2.75) is 180 Å². The Bertz CT molecular complexity index is 1270. The molecule has 10 heteroatoms. The van der Waals surface area contributed by atoms with Gasteiger partial charge in [-0.3, -0.25) is 9.69 Å². The Labute approximate surface area is 339 Å². The van der Waals surface area contributed by atoms with E-state index in [0.29, 0.717) is 38.3 Å². The summed E-state index contributed by atoms with van der Waals surface area (Å²) in [4.78, 5) is 14.2. The monoisotopic (exact) mass is 790 g/mol. The van der Waals surface area contributed by atoms with Gasteiger partial charge in [-0.05, 0) is 114 Å². The number of aliphatic hydroxyl groups excluding tert-OH is 1. The van der Waals surface area contributed by atoms with Gasteiger partial charge < -0.3 is 38.6 Å². The smallest absolute Gasteiger partial charge is 0.302 e. The molecule has 0 aromatic heterocycles. The van der Waals surface area contributed by atoms with Crippen LogP contribution < -0.4 is 0 Å². The van der Waals surface area contributed by atoms with Crippen molar-refractivity contribution < 1.29 is 43.4 Å². The quantitative estimate of drug-likeness (QED) is 0.187. The van der Waals surface area contributed by atoms with Gasteiger partial charge in [0.1, 0.15) is 12.2 Å². The molecule has 4 rings (SSSR count). The largest absolute Gasteiger partial charge is 0.460 e. The zero-order chi connectivity index (χ0) is 41.0. The highest BCUT2D eigenvalue weighted by Crippen LogP contribution is 2.40. The fourth-order valence-electron chi connectivity index (χ4n) is 10.2. The molecule has 322 valence electrons. The lowest BCUT2D eigenvalue weighted by Gasteiger charge is -2.48. The molecule has 0 amide bonds. The van der Waals surface area contributed by atoms with Gasteiger partial charge in [-0.25, -0.2) is 0 Å². The summed E-state index contributed by atoms with van der Waals surface area (Å²) in [7, 11) is 5.17. The highest BCUT2D eigenvalue weighted by atomic mass is 16.7. The van der Waals surface area contributed by atoms with E-state index in [1.807, 2.05) is 6.08 Å². The molecule has 3 fully saturated rings. The van der Waals surface area contributed by atoms with E-state index in [2.05, 4.69) is 58.2 Å². The average Bonchev–Trinajstić information content (AvgIpc) is 3.16. The lowest BCUT2D eigenvalue weighted by atomic mass is 9.81. The standard InChI is InChI=1S/C46H79NO9/c1-11-14-36-16-18-39(49)34(6)44(32(4)26-37-17-19-40(55-35(7)48)41(28-37)51-8)54-29-38-15-12-13-21-47(38)22-20-46(50)33(5)27-43(53-10)45(56-46)42(52-9)25-31(3)23-30(2)24-36/h11,24,26,31,33-34,36-45,49-50H,1,12-23,25,27-29H2,2-10H3/b30-24-,32-26?. The molecule has 3 aliphatic heterocycles. The van der Waals surface area contributed by atoms with Crippen molar-refractivity contribution in [1.29, 1.82) is 0 Å². The normalized spacial score (nSPS) is 41.7. The van der Waals surface area contributed by atoms with Crippen LogP contribution in [0.4, 0.5) is 0 Å². The molecule has 2 N–H and O–H groups in total. The van der Waals surface area contributed by atoms with Crippen molar-refractivity contribution in [3.05, 3.63) is 36.0 Å².